The smallest absolute Gasteiger partial charge is 0.287 e. The van der Waals surface area contributed by atoms with Crippen LogP contribution in [0.15, 0.2) is 49.3 Å². The van der Waals surface area contributed by atoms with Gasteiger partial charge in [-0.2, -0.15) is 5.10 Å². The lowest BCUT2D eigenvalue weighted by Crippen LogP contribution is -2.47. The molecular formula is C16H15N7O3. The first-order valence-corrected chi connectivity index (χ1v) is 7.63. The van der Waals surface area contributed by atoms with Crippen LogP contribution in [-0.2, 0) is 16.0 Å². The molecule has 2 amide bonds. The van der Waals surface area contributed by atoms with E-state index in [1.165, 1.54) is 29.5 Å². The summed E-state index contributed by atoms with van der Waals surface area (Å²) >= 11 is 0. The van der Waals surface area contributed by atoms with Gasteiger partial charge >= 0.3 is 0 Å². The predicted molar refractivity (Wildman–Crippen MR) is 89.1 cm³/mol. The highest BCUT2D eigenvalue weighted by atomic mass is 16.2. The largest absolute Gasteiger partial charge is 0.367 e. The molecule has 0 radical (unpaired) electrons. The van der Waals surface area contributed by atoms with E-state index in [1.54, 1.807) is 24.5 Å². The standard InChI is InChI=1S/C16H15N7O3/c17-15(25)14(24)11(7-10-1-4-18-8-10)22-16(26)12-2-6-21-23(12)13-3-5-19-9-20-13/h1-6,8-9,11,18H,7H2,(H2,17,25)(H,22,26). The molecule has 0 saturated carbocycles. The number of aromatic nitrogens is 5. The van der Waals surface area contributed by atoms with Gasteiger partial charge < -0.3 is 16.0 Å². The summed E-state index contributed by atoms with van der Waals surface area (Å²) in [4.78, 5) is 46.7. The minimum absolute atomic E-state index is 0.124. The Morgan fingerprint density at radius 3 is 2.73 bits per heavy atom. The van der Waals surface area contributed by atoms with Crippen LogP contribution in [0.5, 0.6) is 0 Å². The number of carbonyl (C=O) groups excluding carboxylic acids is 3. The fourth-order valence-electron chi connectivity index (χ4n) is 2.40. The summed E-state index contributed by atoms with van der Waals surface area (Å²) in [6.45, 7) is 0. The monoisotopic (exact) mass is 353 g/mol. The highest BCUT2D eigenvalue weighted by molar-refractivity contribution is 6.38. The second-order valence-corrected chi connectivity index (χ2v) is 5.37. The van der Waals surface area contributed by atoms with Gasteiger partial charge in [0.2, 0.25) is 5.78 Å². The summed E-state index contributed by atoms with van der Waals surface area (Å²) in [5.74, 6) is -2.20. The van der Waals surface area contributed by atoms with E-state index in [2.05, 4.69) is 25.4 Å². The molecule has 10 heteroatoms. The Morgan fingerprint density at radius 2 is 2.08 bits per heavy atom. The lowest BCUT2D eigenvalue weighted by molar-refractivity contribution is -0.137. The van der Waals surface area contributed by atoms with Crippen LogP contribution in [0.1, 0.15) is 16.1 Å². The first-order chi connectivity index (χ1) is 12.6. The Kier molecular flexibility index (Phi) is 4.83. The number of amides is 2. The molecule has 0 aliphatic rings. The number of Topliss-reactive ketones (excluding diaryl/α,β-unsaturated/α-hetero) is 1. The number of hydrogen-bond donors (Lipinski definition) is 3. The fraction of sp³-hybridized carbons (Fsp3) is 0.125. The molecule has 0 bridgehead atoms. The van der Waals surface area contributed by atoms with Crippen molar-refractivity contribution in [3.05, 3.63) is 60.6 Å². The van der Waals surface area contributed by atoms with Crippen LogP contribution < -0.4 is 11.1 Å². The van der Waals surface area contributed by atoms with Crippen LogP contribution in [0.3, 0.4) is 0 Å². The first kappa shape index (κ1) is 17.0. The topological polar surface area (TPSA) is 149 Å². The van der Waals surface area contributed by atoms with Crippen molar-refractivity contribution in [2.24, 2.45) is 5.73 Å². The summed E-state index contributed by atoms with van der Waals surface area (Å²) in [5.41, 5.74) is 6.00. The lowest BCUT2D eigenvalue weighted by atomic mass is 10.0. The van der Waals surface area contributed by atoms with Crippen molar-refractivity contribution in [2.75, 3.05) is 0 Å². The van der Waals surface area contributed by atoms with Crippen LogP contribution >= 0.6 is 0 Å². The van der Waals surface area contributed by atoms with Crippen molar-refractivity contribution in [3.63, 3.8) is 0 Å². The van der Waals surface area contributed by atoms with Gasteiger partial charge in [0.15, 0.2) is 5.82 Å². The van der Waals surface area contributed by atoms with Crippen LogP contribution in [-0.4, -0.2) is 48.4 Å². The Labute approximate surface area is 147 Å². The molecule has 0 aromatic carbocycles. The molecule has 0 saturated heterocycles. The normalized spacial score (nSPS) is 11.7. The number of carbonyl (C=O) groups is 3. The van der Waals surface area contributed by atoms with Gasteiger partial charge in [-0.25, -0.2) is 14.6 Å². The summed E-state index contributed by atoms with van der Waals surface area (Å²) in [6.07, 6.45) is 7.72. The number of primary amides is 1. The van der Waals surface area contributed by atoms with E-state index < -0.39 is 23.6 Å². The maximum atomic E-state index is 12.6. The SMILES string of the molecule is NC(=O)C(=O)C(Cc1cc[nH]c1)NC(=O)c1ccnn1-c1ccncn1. The number of nitrogens with two attached hydrogens (primary N) is 1. The summed E-state index contributed by atoms with van der Waals surface area (Å²) in [7, 11) is 0. The van der Waals surface area contributed by atoms with Crippen molar-refractivity contribution in [3.8, 4) is 5.82 Å². The molecule has 4 N–H and O–H groups in total. The van der Waals surface area contributed by atoms with E-state index in [9.17, 15) is 14.4 Å². The van der Waals surface area contributed by atoms with Crippen LogP contribution in [0.4, 0.5) is 0 Å². The molecule has 0 fully saturated rings. The molecule has 0 spiro atoms. The van der Waals surface area contributed by atoms with Gasteiger partial charge in [-0.05, 0) is 17.7 Å². The van der Waals surface area contributed by atoms with E-state index >= 15 is 0 Å². The average molecular weight is 353 g/mol. The second-order valence-electron chi connectivity index (χ2n) is 5.37. The molecule has 3 heterocycles. The van der Waals surface area contributed by atoms with Crippen molar-refractivity contribution >= 4 is 17.6 Å². The third-order valence-corrected chi connectivity index (χ3v) is 3.63. The predicted octanol–water partition coefficient (Wildman–Crippen LogP) is -0.614. The van der Waals surface area contributed by atoms with Crippen molar-refractivity contribution in [1.82, 2.24) is 30.0 Å². The van der Waals surface area contributed by atoms with E-state index in [0.29, 0.717) is 5.82 Å². The summed E-state index contributed by atoms with van der Waals surface area (Å²) < 4.78 is 1.30. The van der Waals surface area contributed by atoms with Crippen LogP contribution in [0.2, 0.25) is 0 Å². The van der Waals surface area contributed by atoms with Gasteiger partial charge in [-0.3, -0.25) is 14.4 Å². The number of nitrogens with one attached hydrogen (secondary N) is 2. The number of aromatic amines is 1. The molecule has 3 aromatic rings. The Balaban J connectivity index is 1.83. The fourth-order valence-corrected chi connectivity index (χ4v) is 2.40. The number of hydrogen-bond acceptors (Lipinski definition) is 6. The molecule has 132 valence electrons. The molecule has 1 unspecified atom stereocenters. The Morgan fingerprint density at radius 1 is 1.23 bits per heavy atom. The molecule has 1 atom stereocenters. The molecular weight excluding hydrogens is 338 g/mol. The Hall–Kier alpha value is -3.82. The van der Waals surface area contributed by atoms with Crippen molar-refractivity contribution in [1.29, 1.82) is 0 Å². The van der Waals surface area contributed by atoms with Gasteiger partial charge in [0.25, 0.3) is 11.8 Å². The first-order valence-electron chi connectivity index (χ1n) is 7.63. The second kappa shape index (κ2) is 7.38. The maximum absolute atomic E-state index is 12.6. The minimum atomic E-state index is -1.12. The molecule has 10 nitrogen and oxygen atoms in total. The molecule has 0 aliphatic heterocycles. The minimum Gasteiger partial charge on any atom is -0.367 e. The van der Waals surface area contributed by atoms with Crippen molar-refractivity contribution < 1.29 is 14.4 Å². The van der Waals surface area contributed by atoms with Gasteiger partial charge in [-0.1, -0.05) is 0 Å². The third-order valence-electron chi connectivity index (χ3n) is 3.63. The number of rotatable bonds is 7. The summed E-state index contributed by atoms with van der Waals surface area (Å²) in [6, 6.07) is 3.69. The van der Waals surface area contributed by atoms with Crippen molar-refractivity contribution in [2.45, 2.75) is 12.5 Å². The van der Waals surface area contributed by atoms with Crippen LogP contribution in [0, 0.1) is 0 Å². The highest BCUT2D eigenvalue weighted by Crippen LogP contribution is 2.09. The zero-order valence-corrected chi connectivity index (χ0v) is 13.5. The third kappa shape index (κ3) is 3.64. The molecule has 26 heavy (non-hydrogen) atoms. The number of H-pyrrole nitrogens is 1. The molecule has 0 aliphatic carbocycles. The van der Waals surface area contributed by atoms with Gasteiger partial charge in [0.1, 0.15) is 18.1 Å². The summed E-state index contributed by atoms with van der Waals surface area (Å²) in [5, 5.41) is 6.60. The Bertz CT molecular complexity index is 918. The molecule has 3 rings (SSSR count). The average Bonchev–Trinajstić information content (AvgIpc) is 3.32. The van der Waals surface area contributed by atoms with E-state index in [4.69, 9.17) is 5.73 Å². The maximum Gasteiger partial charge on any atom is 0.287 e. The lowest BCUT2D eigenvalue weighted by Gasteiger charge is -2.16. The van der Waals surface area contributed by atoms with E-state index in [0.717, 1.165) is 5.56 Å². The zero-order chi connectivity index (χ0) is 18.5. The van der Waals surface area contributed by atoms with E-state index in [-0.39, 0.29) is 12.1 Å². The molecule has 3 aromatic heterocycles. The van der Waals surface area contributed by atoms with Gasteiger partial charge in [-0.15, -0.1) is 0 Å². The van der Waals surface area contributed by atoms with Crippen LogP contribution in [0.25, 0.3) is 5.82 Å². The quantitative estimate of drug-likeness (QED) is 0.482. The van der Waals surface area contributed by atoms with Gasteiger partial charge in [0, 0.05) is 31.1 Å². The number of ketones is 1. The number of nitrogens with zero attached hydrogens (tertiary/aromatic N) is 4. The van der Waals surface area contributed by atoms with E-state index in [1.807, 2.05) is 0 Å². The van der Waals surface area contributed by atoms with Gasteiger partial charge in [0.05, 0.1) is 6.20 Å². The zero-order valence-electron chi connectivity index (χ0n) is 13.5. The highest BCUT2D eigenvalue weighted by Gasteiger charge is 2.27.